The van der Waals surface area contributed by atoms with Crippen molar-refractivity contribution in [3.8, 4) is 10.6 Å². The van der Waals surface area contributed by atoms with E-state index in [-0.39, 0.29) is 17.1 Å². The maximum atomic E-state index is 12.7. The molecule has 0 aliphatic heterocycles. The van der Waals surface area contributed by atoms with Crippen molar-refractivity contribution in [2.24, 2.45) is 0 Å². The molecule has 144 valence electrons. The minimum Gasteiger partial charge on any atom is -0.273 e. The molecule has 1 aromatic carbocycles. The van der Waals surface area contributed by atoms with Gasteiger partial charge >= 0.3 is 6.18 Å². The Hall–Kier alpha value is -1.88. The zero-order valence-electron chi connectivity index (χ0n) is 13.8. The molecule has 0 amide bonds. The maximum Gasteiger partial charge on any atom is 0.432 e. The van der Waals surface area contributed by atoms with Crippen LogP contribution in [0.2, 0.25) is 5.02 Å². The molecular weight excluding hydrogens is 423 g/mol. The van der Waals surface area contributed by atoms with Crippen LogP contribution in [0.1, 0.15) is 16.1 Å². The van der Waals surface area contributed by atoms with E-state index >= 15 is 0 Å². The molecule has 0 aliphatic rings. The topological polar surface area (TPSA) is 74.8 Å². The first-order chi connectivity index (χ1) is 12.6. The smallest absolute Gasteiger partial charge is 0.273 e. The van der Waals surface area contributed by atoms with Crippen molar-refractivity contribution in [2.75, 3.05) is 0 Å². The van der Waals surface area contributed by atoms with Crippen LogP contribution in [-0.2, 0) is 22.7 Å². The molecule has 0 unspecified atom stereocenters. The summed E-state index contributed by atoms with van der Waals surface area (Å²) >= 11 is 7.07. The second-order valence-electron chi connectivity index (χ2n) is 5.61. The molecule has 0 bridgehead atoms. The Kier molecular flexibility index (Phi) is 5.35. The number of thiophene rings is 1. The van der Waals surface area contributed by atoms with Gasteiger partial charge in [0.1, 0.15) is 11.4 Å². The van der Waals surface area contributed by atoms with Crippen molar-refractivity contribution < 1.29 is 21.6 Å². The molecule has 27 heavy (non-hydrogen) atoms. The minimum absolute atomic E-state index is 0.00669. The third-order valence-electron chi connectivity index (χ3n) is 3.71. The zero-order chi connectivity index (χ0) is 19.8. The number of H-pyrrole nitrogens is 1. The lowest BCUT2D eigenvalue weighted by Gasteiger charge is -2.07. The van der Waals surface area contributed by atoms with Gasteiger partial charge in [0, 0.05) is 16.4 Å². The quantitative estimate of drug-likeness (QED) is 0.615. The van der Waals surface area contributed by atoms with Gasteiger partial charge in [-0.2, -0.15) is 18.3 Å². The molecule has 0 fully saturated rings. The highest BCUT2D eigenvalue weighted by Crippen LogP contribution is 2.35. The lowest BCUT2D eigenvalue weighted by Crippen LogP contribution is -2.23. The minimum atomic E-state index is -4.55. The molecule has 2 aromatic heterocycles. The number of nitrogens with zero attached hydrogens (tertiary/aromatic N) is 1. The lowest BCUT2D eigenvalue weighted by atomic mass is 10.2. The highest BCUT2D eigenvalue weighted by Gasteiger charge is 2.33. The molecule has 5 nitrogen and oxygen atoms in total. The number of hydrogen-bond acceptors (Lipinski definition) is 4. The second-order valence-corrected chi connectivity index (χ2v) is 9.01. The summed E-state index contributed by atoms with van der Waals surface area (Å²) in [6.45, 7) is 1.57. The summed E-state index contributed by atoms with van der Waals surface area (Å²) in [5, 5.41) is 5.97. The summed E-state index contributed by atoms with van der Waals surface area (Å²) in [5.41, 5.74) is -0.356. The van der Waals surface area contributed by atoms with Gasteiger partial charge in [-0.3, -0.25) is 5.10 Å². The number of halogens is 4. The Labute approximate surface area is 162 Å². The molecule has 0 saturated heterocycles. The standard InChI is InChI=1S/C16H13ClF3N3O2S2/c1-9-14(27(24,25)21-8-10-4-2-3-5-11(10)17)7-13(26-9)12-6-15(23-22-12)16(18,19)20/h2-7,21H,8H2,1H3,(H,22,23). The molecule has 0 atom stereocenters. The van der Waals surface area contributed by atoms with Gasteiger partial charge in [-0.15, -0.1) is 11.3 Å². The molecule has 2 heterocycles. The van der Waals surface area contributed by atoms with Crippen LogP contribution in [0.4, 0.5) is 13.2 Å². The summed E-state index contributed by atoms with van der Waals surface area (Å²) in [5.74, 6) is 0. The third-order valence-corrected chi connectivity index (χ3v) is 6.81. The van der Waals surface area contributed by atoms with Gasteiger partial charge in [-0.1, -0.05) is 29.8 Å². The molecule has 11 heteroatoms. The number of alkyl halides is 3. The fraction of sp³-hybridized carbons (Fsp3) is 0.188. The van der Waals surface area contributed by atoms with Gasteiger partial charge in [-0.25, -0.2) is 13.1 Å². The largest absolute Gasteiger partial charge is 0.432 e. The van der Waals surface area contributed by atoms with Crippen molar-refractivity contribution in [1.82, 2.24) is 14.9 Å². The molecule has 2 N–H and O–H groups in total. The van der Waals surface area contributed by atoms with E-state index in [2.05, 4.69) is 9.82 Å². The Bertz CT molecular complexity index is 1070. The Balaban J connectivity index is 1.85. The van der Waals surface area contributed by atoms with Crippen molar-refractivity contribution >= 4 is 33.0 Å². The molecule has 0 saturated carbocycles. The molecule has 0 spiro atoms. The van der Waals surface area contributed by atoms with Crippen molar-refractivity contribution in [2.45, 2.75) is 24.5 Å². The SMILES string of the molecule is Cc1sc(-c2cc(C(F)(F)F)[nH]n2)cc1S(=O)(=O)NCc1ccccc1Cl. The van der Waals surface area contributed by atoms with E-state index in [1.54, 1.807) is 31.2 Å². The lowest BCUT2D eigenvalue weighted by molar-refractivity contribution is -0.141. The van der Waals surface area contributed by atoms with Crippen LogP contribution in [0, 0.1) is 6.92 Å². The average Bonchev–Trinajstić information content (AvgIpc) is 3.20. The monoisotopic (exact) mass is 435 g/mol. The predicted molar refractivity (Wildman–Crippen MR) is 97.1 cm³/mol. The van der Waals surface area contributed by atoms with E-state index in [4.69, 9.17) is 11.6 Å². The van der Waals surface area contributed by atoms with Crippen LogP contribution in [0.3, 0.4) is 0 Å². The first-order valence-electron chi connectivity index (χ1n) is 7.54. The summed E-state index contributed by atoms with van der Waals surface area (Å²) in [6.07, 6.45) is -4.55. The van der Waals surface area contributed by atoms with E-state index < -0.39 is 21.9 Å². The maximum absolute atomic E-state index is 12.7. The second kappa shape index (κ2) is 7.27. The third kappa shape index (κ3) is 4.34. The van der Waals surface area contributed by atoms with E-state index in [0.29, 0.717) is 20.3 Å². The first kappa shape index (κ1) is 19.9. The highest BCUT2D eigenvalue weighted by atomic mass is 35.5. The van der Waals surface area contributed by atoms with Crippen LogP contribution >= 0.6 is 22.9 Å². The summed E-state index contributed by atoms with van der Waals surface area (Å²) in [6, 6.07) is 8.96. The van der Waals surface area contributed by atoms with Crippen molar-refractivity contribution in [1.29, 1.82) is 0 Å². The zero-order valence-corrected chi connectivity index (χ0v) is 16.2. The average molecular weight is 436 g/mol. The molecule has 0 radical (unpaired) electrons. The summed E-state index contributed by atoms with van der Waals surface area (Å²) in [4.78, 5) is 0.747. The summed E-state index contributed by atoms with van der Waals surface area (Å²) in [7, 11) is -3.87. The van der Waals surface area contributed by atoms with E-state index in [9.17, 15) is 21.6 Å². The highest BCUT2D eigenvalue weighted by molar-refractivity contribution is 7.89. The van der Waals surface area contributed by atoms with Crippen LogP contribution in [0.25, 0.3) is 10.6 Å². The van der Waals surface area contributed by atoms with Gasteiger partial charge in [0.25, 0.3) is 0 Å². The van der Waals surface area contributed by atoms with Crippen molar-refractivity contribution in [3.05, 3.63) is 57.6 Å². The fourth-order valence-electron chi connectivity index (χ4n) is 2.34. The van der Waals surface area contributed by atoms with Crippen LogP contribution in [0.15, 0.2) is 41.3 Å². The number of benzene rings is 1. The Morgan fingerprint density at radius 2 is 1.96 bits per heavy atom. The number of rotatable bonds is 5. The number of hydrogen-bond donors (Lipinski definition) is 2. The molecule has 3 aromatic rings. The normalized spacial score (nSPS) is 12.5. The number of nitrogens with one attached hydrogen (secondary N) is 2. The van der Waals surface area contributed by atoms with Gasteiger partial charge in [0.05, 0.1) is 9.77 Å². The van der Waals surface area contributed by atoms with E-state index in [1.165, 1.54) is 6.07 Å². The van der Waals surface area contributed by atoms with Gasteiger partial charge in [0.2, 0.25) is 10.0 Å². The van der Waals surface area contributed by atoms with Crippen molar-refractivity contribution in [3.63, 3.8) is 0 Å². The van der Waals surface area contributed by atoms with Crippen LogP contribution < -0.4 is 4.72 Å². The Morgan fingerprint density at radius 3 is 2.59 bits per heavy atom. The Morgan fingerprint density at radius 1 is 1.26 bits per heavy atom. The predicted octanol–water partition coefficient (Wildman–Crippen LogP) is 4.60. The number of aromatic nitrogens is 2. The van der Waals surface area contributed by atoms with Crippen LogP contribution in [-0.4, -0.2) is 18.6 Å². The number of aryl methyl sites for hydroxylation is 1. The van der Waals surface area contributed by atoms with E-state index in [0.717, 1.165) is 17.4 Å². The van der Waals surface area contributed by atoms with Gasteiger partial charge < -0.3 is 0 Å². The molecule has 0 aliphatic carbocycles. The van der Waals surface area contributed by atoms with Crippen LogP contribution in [0.5, 0.6) is 0 Å². The van der Waals surface area contributed by atoms with Gasteiger partial charge in [0.15, 0.2) is 0 Å². The molecule has 3 rings (SSSR count). The molecular formula is C16H13ClF3N3O2S2. The number of sulfonamides is 1. The fourth-order valence-corrected chi connectivity index (χ4v) is 5.10. The van der Waals surface area contributed by atoms with Gasteiger partial charge in [-0.05, 0) is 30.7 Å². The number of aromatic amines is 1. The van der Waals surface area contributed by atoms with E-state index in [1.807, 2.05) is 5.10 Å². The summed E-state index contributed by atoms with van der Waals surface area (Å²) < 4.78 is 65.7. The first-order valence-corrected chi connectivity index (χ1v) is 10.2.